The summed E-state index contributed by atoms with van der Waals surface area (Å²) in [7, 11) is 0. The topological polar surface area (TPSA) is 0 Å². The van der Waals surface area contributed by atoms with Gasteiger partial charge in [0.15, 0.2) is 0 Å². The zero-order valence-electron chi connectivity index (χ0n) is 16.3. The second-order valence-corrected chi connectivity index (χ2v) is 7.85. The molecule has 0 aromatic heterocycles. The van der Waals surface area contributed by atoms with E-state index in [1.165, 1.54) is 59.8 Å². The van der Waals surface area contributed by atoms with Gasteiger partial charge in [-0.3, -0.25) is 0 Å². The maximum atomic E-state index is 2.40. The Balaban J connectivity index is 1.91. The molecule has 0 aliphatic heterocycles. The van der Waals surface area contributed by atoms with Crippen molar-refractivity contribution >= 4 is 43.1 Å². The van der Waals surface area contributed by atoms with Gasteiger partial charge in [0.2, 0.25) is 0 Å². The van der Waals surface area contributed by atoms with Crippen LogP contribution in [0.3, 0.4) is 0 Å². The summed E-state index contributed by atoms with van der Waals surface area (Å²) in [5, 5.41) is 10.6. The largest absolute Gasteiger partial charge is 0.0616 e. The van der Waals surface area contributed by atoms with E-state index in [-0.39, 0.29) is 0 Å². The van der Waals surface area contributed by atoms with E-state index < -0.39 is 0 Å². The quantitative estimate of drug-likeness (QED) is 0.256. The van der Waals surface area contributed by atoms with Crippen molar-refractivity contribution in [2.24, 2.45) is 0 Å². The Bertz CT molecular complexity index is 1540. The zero-order chi connectivity index (χ0) is 19.4. The van der Waals surface area contributed by atoms with Crippen molar-refractivity contribution < 1.29 is 0 Å². The van der Waals surface area contributed by atoms with Gasteiger partial charge < -0.3 is 0 Å². The fourth-order valence-electron chi connectivity index (χ4n) is 4.74. The molecule has 0 nitrogen and oxygen atoms in total. The minimum absolute atomic E-state index is 1.27. The van der Waals surface area contributed by atoms with Crippen molar-refractivity contribution in [3.8, 4) is 11.1 Å². The molecule has 0 aliphatic carbocycles. The second-order valence-electron chi connectivity index (χ2n) is 7.85. The molecule has 0 unspecified atom stereocenters. The molecule has 0 amide bonds. The summed E-state index contributed by atoms with van der Waals surface area (Å²) in [6, 6.07) is 37.7. The number of hydrogen-bond acceptors (Lipinski definition) is 0. The van der Waals surface area contributed by atoms with E-state index >= 15 is 0 Å². The van der Waals surface area contributed by atoms with Crippen LogP contribution in [-0.4, -0.2) is 0 Å². The van der Waals surface area contributed by atoms with Crippen LogP contribution < -0.4 is 0 Å². The van der Waals surface area contributed by atoms with Crippen LogP contribution in [0.2, 0.25) is 0 Å². The number of hydrogen-bond donors (Lipinski definition) is 0. The third kappa shape index (κ3) is 2.39. The molecule has 0 saturated heterocycles. The van der Waals surface area contributed by atoms with E-state index in [1.807, 2.05) is 0 Å². The first-order chi connectivity index (χ1) is 14.3. The number of fused-ring (bicyclic) bond motifs is 8. The van der Waals surface area contributed by atoms with Gasteiger partial charge in [0, 0.05) is 0 Å². The van der Waals surface area contributed by atoms with Crippen LogP contribution in [0, 0.1) is 6.92 Å². The molecule has 0 spiro atoms. The summed E-state index contributed by atoms with van der Waals surface area (Å²) in [4.78, 5) is 0. The van der Waals surface area contributed by atoms with Crippen molar-refractivity contribution in [3.05, 3.63) is 109 Å². The summed E-state index contributed by atoms with van der Waals surface area (Å²) in [5.74, 6) is 0. The molecular weight excluding hydrogens is 348 g/mol. The minimum Gasteiger partial charge on any atom is -0.0616 e. The number of rotatable bonds is 1. The molecule has 0 saturated carbocycles. The summed E-state index contributed by atoms with van der Waals surface area (Å²) < 4.78 is 0. The molecular formula is C29H20. The Morgan fingerprint density at radius 2 is 0.862 bits per heavy atom. The molecule has 0 heterocycles. The molecule has 0 bridgehead atoms. The van der Waals surface area contributed by atoms with E-state index in [1.54, 1.807) is 0 Å². The van der Waals surface area contributed by atoms with Crippen molar-refractivity contribution in [3.63, 3.8) is 0 Å². The fraction of sp³-hybridized carbons (Fsp3) is 0.0345. The van der Waals surface area contributed by atoms with Crippen molar-refractivity contribution in [1.29, 1.82) is 0 Å². The number of benzene rings is 6. The Hall–Kier alpha value is -3.64. The van der Waals surface area contributed by atoms with Crippen LogP contribution in [-0.2, 0) is 0 Å². The van der Waals surface area contributed by atoms with Gasteiger partial charge in [0.05, 0.1) is 0 Å². The van der Waals surface area contributed by atoms with Crippen molar-refractivity contribution in [1.82, 2.24) is 0 Å². The van der Waals surface area contributed by atoms with Gasteiger partial charge >= 0.3 is 0 Å². The van der Waals surface area contributed by atoms with Gasteiger partial charge in [0.25, 0.3) is 0 Å². The zero-order valence-corrected chi connectivity index (χ0v) is 16.3. The molecule has 0 radical (unpaired) electrons. The molecule has 136 valence electrons. The Morgan fingerprint density at radius 3 is 1.48 bits per heavy atom. The van der Waals surface area contributed by atoms with Crippen LogP contribution in [0.15, 0.2) is 103 Å². The Kier molecular flexibility index (Phi) is 3.48. The normalized spacial score (nSPS) is 11.6. The molecule has 0 N–H and O–H groups in total. The molecule has 0 atom stereocenters. The lowest BCUT2D eigenvalue weighted by molar-refractivity contribution is 1.47. The average Bonchev–Trinajstić information content (AvgIpc) is 2.79. The maximum absolute atomic E-state index is 2.40. The Morgan fingerprint density at radius 1 is 0.414 bits per heavy atom. The summed E-state index contributed by atoms with van der Waals surface area (Å²) >= 11 is 0. The van der Waals surface area contributed by atoms with Crippen molar-refractivity contribution in [2.45, 2.75) is 6.92 Å². The first-order valence-corrected chi connectivity index (χ1v) is 10.1. The lowest BCUT2D eigenvalue weighted by atomic mass is 9.87. The predicted octanol–water partition coefficient (Wildman–Crippen LogP) is 8.27. The van der Waals surface area contributed by atoms with Gasteiger partial charge in [0.1, 0.15) is 0 Å². The van der Waals surface area contributed by atoms with E-state index in [9.17, 15) is 0 Å². The van der Waals surface area contributed by atoms with Gasteiger partial charge in [-0.25, -0.2) is 0 Å². The minimum atomic E-state index is 1.27. The summed E-state index contributed by atoms with van der Waals surface area (Å²) in [5.41, 5.74) is 3.86. The van der Waals surface area contributed by atoms with Gasteiger partial charge in [-0.2, -0.15) is 0 Å². The molecule has 6 aromatic rings. The summed E-state index contributed by atoms with van der Waals surface area (Å²) in [6.45, 7) is 2.14. The van der Waals surface area contributed by atoms with Crippen LogP contribution in [0.4, 0.5) is 0 Å². The van der Waals surface area contributed by atoms with Crippen molar-refractivity contribution in [2.75, 3.05) is 0 Å². The highest BCUT2D eigenvalue weighted by Gasteiger charge is 2.14. The maximum Gasteiger partial charge on any atom is -0.00199 e. The van der Waals surface area contributed by atoms with Crippen LogP contribution in [0.1, 0.15) is 5.56 Å². The van der Waals surface area contributed by atoms with E-state index in [4.69, 9.17) is 0 Å². The van der Waals surface area contributed by atoms with Crippen LogP contribution in [0.5, 0.6) is 0 Å². The average molecular weight is 368 g/mol. The molecule has 0 fully saturated rings. The second kappa shape index (κ2) is 6.18. The van der Waals surface area contributed by atoms with Gasteiger partial charge in [-0.1, -0.05) is 103 Å². The van der Waals surface area contributed by atoms with Gasteiger partial charge in [-0.05, 0) is 67.2 Å². The highest BCUT2D eigenvalue weighted by atomic mass is 14.2. The van der Waals surface area contributed by atoms with Crippen LogP contribution in [0.25, 0.3) is 54.2 Å². The fourth-order valence-corrected chi connectivity index (χ4v) is 4.74. The molecule has 6 rings (SSSR count). The first-order valence-electron chi connectivity index (χ1n) is 10.1. The summed E-state index contributed by atoms with van der Waals surface area (Å²) in [6.07, 6.45) is 0. The lowest BCUT2D eigenvalue weighted by Gasteiger charge is -2.16. The number of aryl methyl sites for hydroxylation is 1. The highest BCUT2D eigenvalue weighted by molar-refractivity contribution is 6.32. The van der Waals surface area contributed by atoms with Gasteiger partial charge in [-0.15, -0.1) is 0 Å². The smallest absolute Gasteiger partial charge is 0.00199 e. The molecule has 0 aliphatic rings. The molecule has 0 heteroatoms. The van der Waals surface area contributed by atoms with E-state index in [0.29, 0.717) is 0 Å². The molecule has 29 heavy (non-hydrogen) atoms. The van der Waals surface area contributed by atoms with E-state index in [2.05, 4.69) is 110 Å². The highest BCUT2D eigenvalue weighted by Crippen LogP contribution is 2.42. The first kappa shape index (κ1) is 16.3. The van der Waals surface area contributed by atoms with E-state index in [0.717, 1.165) is 0 Å². The third-order valence-corrected chi connectivity index (χ3v) is 6.11. The lowest BCUT2D eigenvalue weighted by Crippen LogP contribution is -1.88. The Labute approximate surface area is 170 Å². The van der Waals surface area contributed by atoms with Crippen LogP contribution >= 0.6 is 0 Å². The standard InChI is InChI=1S/C29H20/c1-19-14-16-20(17-15-19)27-18-28-23-10-3-2-8-21(23)22-9-4-6-12-25(22)29(28)26-13-7-5-11-24(26)27/h2-18H,1H3. The molecule has 6 aromatic carbocycles. The monoisotopic (exact) mass is 368 g/mol. The predicted molar refractivity (Wildman–Crippen MR) is 127 cm³/mol. The third-order valence-electron chi connectivity index (χ3n) is 6.11. The SMILES string of the molecule is Cc1ccc(-c2cc3c4ccccc4c4ccccc4c3c3ccccc23)cc1.